The molecule has 0 saturated carbocycles. The van der Waals surface area contributed by atoms with Gasteiger partial charge < -0.3 is 4.52 Å². The topological polar surface area (TPSA) is 73.1 Å². The van der Waals surface area contributed by atoms with Gasteiger partial charge in [-0.1, -0.05) is 47.1 Å². The molecule has 8 heteroatoms. The largest absolute Gasteiger partial charge is 0.338 e. The second-order valence-electron chi connectivity index (χ2n) is 4.20. The van der Waals surface area contributed by atoms with Crippen molar-refractivity contribution in [3.8, 4) is 11.4 Å². The molecule has 3 rings (SSSR count). The quantitative estimate of drug-likeness (QED) is 0.727. The van der Waals surface area contributed by atoms with Crippen LogP contribution in [0.3, 0.4) is 0 Å². The van der Waals surface area contributed by atoms with E-state index in [0.717, 1.165) is 16.9 Å². The van der Waals surface area contributed by atoms with Crippen molar-refractivity contribution in [3.05, 3.63) is 52.7 Å². The number of sulfone groups is 1. The van der Waals surface area contributed by atoms with Gasteiger partial charge in [-0.25, -0.2) is 8.42 Å². The van der Waals surface area contributed by atoms with Gasteiger partial charge in [0, 0.05) is 5.56 Å². The number of rotatable bonds is 4. The maximum atomic E-state index is 12.2. The molecule has 0 saturated heterocycles. The van der Waals surface area contributed by atoms with E-state index in [-0.39, 0.29) is 15.9 Å². The first kappa shape index (κ1) is 14.2. The highest BCUT2D eigenvalue weighted by Gasteiger charge is 2.21. The standard InChI is InChI=1S/C13H9ClN2O3S2/c14-10-6-7-12(20-10)21(17,18)8-11-15-13(16-19-11)9-4-2-1-3-5-9/h1-7H,8H2. The summed E-state index contributed by atoms with van der Waals surface area (Å²) in [4.78, 5) is 4.11. The second kappa shape index (κ2) is 5.59. The molecule has 2 aromatic heterocycles. The fourth-order valence-corrected chi connectivity index (χ4v) is 4.44. The van der Waals surface area contributed by atoms with Crippen LogP contribution in [-0.4, -0.2) is 18.6 Å². The average molecular weight is 341 g/mol. The van der Waals surface area contributed by atoms with E-state index < -0.39 is 9.84 Å². The lowest BCUT2D eigenvalue weighted by Gasteiger charge is -1.96. The third-order valence-corrected chi connectivity index (χ3v) is 6.08. The molecular weight excluding hydrogens is 332 g/mol. The van der Waals surface area contributed by atoms with Crippen molar-refractivity contribution < 1.29 is 12.9 Å². The summed E-state index contributed by atoms with van der Waals surface area (Å²) < 4.78 is 30.0. The van der Waals surface area contributed by atoms with Gasteiger partial charge >= 0.3 is 0 Å². The third-order valence-electron chi connectivity index (χ3n) is 2.67. The number of thiophene rings is 1. The molecule has 0 N–H and O–H groups in total. The molecule has 0 unspecified atom stereocenters. The molecule has 108 valence electrons. The summed E-state index contributed by atoms with van der Waals surface area (Å²) in [5.74, 6) is 0.0762. The molecule has 0 bridgehead atoms. The summed E-state index contributed by atoms with van der Waals surface area (Å²) in [5.41, 5.74) is 0.768. The van der Waals surface area contributed by atoms with Crippen molar-refractivity contribution in [3.63, 3.8) is 0 Å². The second-order valence-corrected chi connectivity index (χ2v) is 8.13. The average Bonchev–Trinajstić information content (AvgIpc) is 3.09. The maximum absolute atomic E-state index is 12.2. The fraction of sp³-hybridized carbons (Fsp3) is 0.0769. The van der Waals surface area contributed by atoms with Crippen molar-refractivity contribution >= 4 is 32.8 Å². The monoisotopic (exact) mass is 340 g/mol. The lowest BCUT2D eigenvalue weighted by Crippen LogP contribution is -2.03. The van der Waals surface area contributed by atoms with Gasteiger partial charge in [-0.15, -0.1) is 11.3 Å². The van der Waals surface area contributed by atoms with E-state index in [1.165, 1.54) is 6.07 Å². The normalized spacial score (nSPS) is 11.7. The van der Waals surface area contributed by atoms with Crippen molar-refractivity contribution in [1.29, 1.82) is 0 Å². The Balaban J connectivity index is 1.85. The SMILES string of the molecule is O=S(=O)(Cc1nc(-c2ccccc2)no1)c1ccc(Cl)s1. The van der Waals surface area contributed by atoms with Crippen LogP contribution in [0, 0.1) is 0 Å². The zero-order valence-corrected chi connectivity index (χ0v) is 13.0. The van der Waals surface area contributed by atoms with Gasteiger partial charge in [-0.05, 0) is 12.1 Å². The zero-order valence-electron chi connectivity index (χ0n) is 10.6. The smallest absolute Gasteiger partial charge is 0.242 e. The molecule has 21 heavy (non-hydrogen) atoms. The summed E-state index contributed by atoms with van der Waals surface area (Å²) in [6, 6.07) is 12.2. The van der Waals surface area contributed by atoms with Crippen LogP contribution in [0.25, 0.3) is 11.4 Å². The summed E-state index contributed by atoms with van der Waals surface area (Å²) in [6.45, 7) is 0. The van der Waals surface area contributed by atoms with E-state index in [9.17, 15) is 8.42 Å². The molecule has 3 aromatic rings. The Morgan fingerprint density at radius 2 is 1.90 bits per heavy atom. The number of benzene rings is 1. The number of halogens is 1. The first-order chi connectivity index (χ1) is 10.0. The molecule has 1 aromatic carbocycles. The molecule has 0 atom stereocenters. The van der Waals surface area contributed by atoms with E-state index in [4.69, 9.17) is 16.1 Å². The minimum atomic E-state index is -3.52. The Hall–Kier alpha value is -1.70. The first-order valence-electron chi connectivity index (χ1n) is 5.91. The molecule has 2 heterocycles. The van der Waals surface area contributed by atoms with Crippen molar-refractivity contribution in [2.75, 3.05) is 0 Å². The van der Waals surface area contributed by atoms with Crippen LogP contribution in [0.15, 0.2) is 51.2 Å². The molecule has 0 aliphatic carbocycles. The minimum Gasteiger partial charge on any atom is -0.338 e. The van der Waals surface area contributed by atoms with Crippen LogP contribution >= 0.6 is 22.9 Å². The van der Waals surface area contributed by atoms with E-state index in [1.54, 1.807) is 6.07 Å². The summed E-state index contributed by atoms with van der Waals surface area (Å²) in [7, 11) is -3.52. The highest BCUT2D eigenvalue weighted by molar-refractivity contribution is 7.92. The van der Waals surface area contributed by atoms with Gasteiger partial charge in [0.05, 0.1) is 4.34 Å². The van der Waals surface area contributed by atoms with Crippen molar-refractivity contribution in [2.45, 2.75) is 9.96 Å². The van der Waals surface area contributed by atoms with Gasteiger partial charge in [0.15, 0.2) is 9.84 Å². The molecule has 0 aliphatic rings. The Kier molecular flexibility index (Phi) is 3.79. The maximum Gasteiger partial charge on any atom is 0.242 e. The van der Waals surface area contributed by atoms with E-state index >= 15 is 0 Å². The fourth-order valence-electron chi connectivity index (χ4n) is 1.72. The van der Waals surface area contributed by atoms with Gasteiger partial charge in [0.25, 0.3) is 0 Å². The molecule has 0 amide bonds. The molecule has 5 nitrogen and oxygen atoms in total. The van der Waals surface area contributed by atoms with E-state index in [1.807, 2.05) is 30.3 Å². The zero-order chi connectivity index (χ0) is 14.9. The molecule has 0 fully saturated rings. The van der Waals surface area contributed by atoms with E-state index in [2.05, 4.69) is 10.1 Å². The summed E-state index contributed by atoms with van der Waals surface area (Å²) in [5, 5.41) is 3.80. The lowest BCUT2D eigenvalue weighted by molar-refractivity contribution is 0.389. The van der Waals surface area contributed by atoms with Crippen LogP contribution in [0.4, 0.5) is 0 Å². The number of hydrogen-bond acceptors (Lipinski definition) is 6. The van der Waals surface area contributed by atoms with E-state index in [0.29, 0.717) is 10.2 Å². The molecule has 0 radical (unpaired) electrons. The Morgan fingerprint density at radius 1 is 1.14 bits per heavy atom. The highest BCUT2D eigenvalue weighted by Crippen LogP contribution is 2.28. The van der Waals surface area contributed by atoms with Crippen molar-refractivity contribution in [2.24, 2.45) is 0 Å². The predicted octanol–water partition coefficient (Wildman–Crippen LogP) is 3.43. The molecular formula is C13H9ClN2O3S2. The van der Waals surface area contributed by atoms with Crippen molar-refractivity contribution in [1.82, 2.24) is 10.1 Å². The van der Waals surface area contributed by atoms with Crippen LogP contribution < -0.4 is 0 Å². The molecule has 0 spiro atoms. The Bertz CT molecular complexity index is 856. The van der Waals surface area contributed by atoms with Crippen LogP contribution in [0.5, 0.6) is 0 Å². The van der Waals surface area contributed by atoms with Crippen LogP contribution in [0.1, 0.15) is 5.89 Å². The van der Waals surface area contributed by atoms with Crippen LogP contribution in [0.2, 0.25) is 4.34 Å². The predicted molar refractivity (Wildman–Crippen MR) is 80.0 cm³/mol. The number of aromatic nitrogens is 2. The van der Waals surface area contributed by atoms with Gasteiger partial charge in [-0.3, -0.25) is 0 Å². The number of nitrogens with zero attached hydrogens (tertiary/aromatic N) is 2. The first-order valence-corrected chi connectivity index (χ1v) is 8.75. The minimum absolute atomic E-state index is 0.0541. The Labute approximate surface area is 130 Å². The van der Waals surface area contributed by atoms with Gasteiger partial charge in [0.2, 0.25) is 11.7 Å². The summed E-state index contributed by atoms with van der Waals surface area (Å²) >= 11 is 6.76. The summed E-state index contributed by atoms with van der Waals surface area (Å²) in [6.07, 6.45) is 0. The Morgan fingerprint density at radius 3 is 2.57 bits per heavy atom. The number of hydrogen-bond donors (Lipinski definition) is 0. The highest BCUT2D eigenvalue weighted by atomic mass is 35.5. The van der Waals surface area contributed by atoms with Crippen LogP contribution in [-0.2, 0) is 15.6 Å². The molecule has 0 aliphatic heterocycles. The third kappa shape index (κ3) is 3.15. The lowest BCUT2D eigenvalue weighted by atomic mass is 10.2. The van der Waals surface area contributed by atoms with Gasteiger partial charge in [-0.2, -0.15) is 4.98 Å². The van der Waals surface area contributed by atoms with Gasteiger partial charge in [0.1, 0.15) is 9.96 Å².